The van der Waals surface area contributed by atoms with Crippen LogP contribution < -0.4 is 4.74 Å². The Labute approximate surface area is 261 Å². The van der Waals surface area contributed by atoms with E-state index in [0.29, 0.717) is 33.8 Å². The molecule has 8 aromatic carbocycles. The molecule has 0 aromatic heterocycles. The van der Waals surface area contributed by atoms with Gasteiger partial charge in [0.2, 0.25) is 0 Å². The first kappa shape index (κ1) is 17.3. The van der Waals surface area contributed by atoms with Gasteiger partial charge in [0.15, 0.2) is 0 Å². The molecule has 43 heavy (non-hydrogen) atoms. The van der Waals surface area contributed by atoms with Gasteiger partial charge in [0.05, 0.1) is 11.0 Å². The summed E-state index contributed by atoms with van der Waals surface area (Å²) in [6.07, 6.45) is 0. The van der Waals surface area contributed by atoms with E-state index in [1.165, 1.54) is 0 Å². The van der Waals surface area contributed by atoms with Gasteiger partial charge in [-0.25, -0.2) is 0 Å². The van der Waals surface area contributed by atoms with E-state index >= 15 is 0 Å². The topological polar surface area (TPSA) is 9.23 Å². The maximum absolute atomic E-state index is 9.38. The van der Waals surface area contributed by atoms with Crippen LogP contribution in [0.2, 0.25) is 0 Å². The van der Waals surface area contributed by atoms with E-state index in [-0.39, 0.29) is 45.7 Å². The largest absolute Gasteiger partial charge is 0.456 e. The van der Waals surface area contributed by atoms with E-state index in [1.807, 2.05) is 109 Å². The molecule has 1 heterocycles. The van der Waals surface area contributed by atoms with E-state index in [4.69, 9.17) is 10.2 Å². The Morgan fingerprint density at radius 1 is 0.395 bits per heavy atom. The fourth-order valence-electron chi connectivity index (χ4n) is 6.47. The Balaban J connectivity index is 1.52. The van der Waals surface area contributed by atoms with E-state index < -0.39 is 24.2 Å². The molecule has 0 saturated carbocycles. The highest BCUT2D eigenvalue weighted by Crippen LogP contribution is 2.51. The zero-order valence-corrected chi connectivity index (χ0v) is 22.8. The molecular formula is C42H26O. The highest BCUT2D eigenvalue weighted by Gasteiger charge is 2.23. The molecule has 1 aliphatic heterocycles. The summed E-state index contributed by atoms with van der Waals surface area (Å²) < 4.78 is 79.0. The minimum atomic E-state index is -0.432. The number of fused-ring (bicyclic) bond motifs is 4. The van der Waals surface area contributed by atoms with Gasteiger partial charge in [0.25, 0.3) is 0 Å². The summed E-state index contributed by atoms with van der Waals surface area (Å²) >= 11 is 0. The molecule has 0 unspecified atom stereocenters. The molecule has 0 amide bonds. The lowest BCUT2D eigenvalue weighted by molar-refractivity contribution is 0.487. The van der Waals surface area contributed by atoms with Crippen LogP contribution in [0.15, 0.2) is 158 Å². The zero-order valence-electron chi connectivity index (χ0n) is 30.8. The molecule has 0 bridgehead atoms. The van der Waals surface area contributed by atoms with Crippen molar-refractivity contribution < 1.29 is 15.7 Å². The monoisotopic (exact) mass is 554 g/mol. The Morgan fingerprint density at radius 3 is 1.74 bits per heavy atom. The predicted molar refractivity (Wildman–Crippen MR) is 181 cm³/mol. The lowest BCUT2D eigenvalue weighted by Crippen LogP contribution is -1.98. The molecular weight excluding hydrogens is 520 g/mol. The van der Waals surface area contributed by atoms with Gasteiger partial charge in [-0.3, -0.25) is 0 Å². The minimum Gasteiger partial charge on any atom is -0.456 e. The van der Waals surface area contributed by atoms with Crippen molar-refractivity contribution in [3.8, 4) is 56.0 Å². The molecule has 1 nitrogen and oxygen atoms in total. The summed E-state index contributed by atoms with van der Waals surface area (Å²) in [7, 11) is 0. The summed E-state index contributed by atoms with van der Waals surface area (Å²) in [5, 5.41) is 2.24. The van der Waals surface area contributed by atoms with Crippen LogP contribution in [0.5, 0.6) is 11.5 Å². The normalized spacial score (nSPS) is 14.5. The van der Waals surface area contributed by atoms with Crippen LogP contribution in [0.3, 0.4) is 0 Å². The molecule has 0 radical (unpaired) electrons. The molecule has 0 fully saturated rings. The maximum atomic E-state index is 9.38. The van der Waals surface area contributed by atoms with Crippen LogP contribution in [0, 0.1) is 0 Å². The Morgan fingerprint density at radius 2 is 0.977 bits per heavy atom. The fourth-order valence-corrected chi connectivity index (χ4v) is 6.47. The average Bonchev–Trinajstić information content (AvgIpc) is 3.17. The smallest absolute Gasteiger partial charge is 0.135 e. The van der Waals surface area contributed by atoms with Gasteiger partial charge in [-0.1, -0.05) is 139 Å². The van der Waals surface area contributed by atoms with Gasteiger partial charge < -0.3 is 4.74 Å². The van der Waals surface area contributed by atoms with Crippen LogP contribution in [0.25, 0.3) is 76.8 Å². The van der Waals surface area contributed by atoms with Crippen molar-refractivity contribution in [2.75, 3.05) is 0 Å². The molecule has 1 heteroatoms. The first-order valence-corrected chi connectivity index (χ1v) is 14.1. The molecule has 200 valence electrons. The first-order valence-electron chi connectivity index (χ1n) is 18.1. The first-order chi connectivity index (χ1) is 24.7. The van der Waals surface area contributed by atoms with E-state index in [2.05, 4.69) is 0 Å². The molecule has 0 aliphatic carbocycles. The summed E-state index contributed by atoms with van der Waals surface area (Å²) in [4.78, 5) is 0. The highest BCUT2D eigenvalue weighted by atomic mass is 16.5. The second-order valence-corrected chi connectivity index (χ2v) is 10.6. The zero-order chi connectivity index (χ0) is 35.3. The van der Waals surface area contributed by atoms with E-state index in [9.17, 15) is 5.48 Å². The van der Waals surface area contributed by atoms with Gasteiger partial charge in [0, 0.05) is 10.9 Å². The van der Waals surface area contributed by atoms with Crippen molar-refractivity contribution in [2.45, 2.75) is 0 Å². The molecule has 1 aliphatic rings. The van der Waals surface area contributed by atoms with Crippen molar-refractivity contribution in [3.05, 3.63) is 158 Å². The third-order valence-electron chi connectivity index (χ3n) is 8.30. The molecule has 0 atom stereocenters. The number of benzene rings is 8. The van der Waals surface area contributed by atoms with Gasteiger partial charge >= 0.3 is 0 Å². The van der Waals surface area contributed by atoms with E-state index in [0.717, 1.165) is 33.0 Å². The van der Waals surface area contributed by atoms with Crippen molar-refractivity contribution in [3.63, 3.8) is 0 Å². The van der Waals surface area contributed by atoms with Gasteiger partial charge in [-0.15, -0.1) is 0 Å². The van der Waals surface area contributed by atoms with Crippen molar-refractivity contribution in [1.29, 1.82) is 0 Å². The van der Waals surface area contributed by atoms with E-state index in [1.54, 1.807) is 0 Å². The molecule has 0 spiro atoms. The van der Waals surface area contributed by atoms with Crippen molar-refractivity contribution in [1.82, 2.24) is 0 Å². The Kier molecular flexibility index (Phi) is 3.80. The van der Waals surface area contributed by atoms with Gasteiger partial charge in [0.1, 0.15) is 11.5 Å². The van der Waals surface area contributed by atoms with Crippen LogP contribution in [-0.4, -0.2) is 0 Å². The average molecular weight is 555 g/mol. The van der Waals surface area contributed by atoms with Crippen molar-refractivity contribution in [2.24, 2.45) is 0 Å². The molecule has 0 N–H and O–H groups in total. The Hall–Kier alpha value is -5.66. The van der Waals surface area contributed by atoms with Crippen molar-refractivity contribution >= 4 is 32.3 Å². The van der Waals surface area contributed by atoms with Crippen LogP contribution >= 0.6 is 0 Å². The quantitative estimate of drug-likeness (QED) is 0.197. The second-order valence-electron chi connectivity index (χ2n) is 10.6. The molecule has 0 saturated heterocycles. The highest BCUT2D eigenvalue weighted by molar-refractivity contribution is 6.24. The number of hydrogen-bond donors (Lipinski definition) is 0. The standard InChI is InChI=1S/C42H26O/c1-2-12-27(13-3-1)28-14-10-15-29(26-28)40-31-17-4-6-19-33(31)41(34-20-7-5-18-32(34)40)37-25-24-36-30-16-8-9-22-38(30)43-39-23-11-21-35(37)42(36)39/h1-26H/i4D,5D,6D,7D,17D,18D,19D,20D. The van der Waals surface area contributed by atoms with Gasteiger partial charge in [-0.05, 0) is 84.1 Å². The fraction of sp³-hybridized carbons (Fsp3) is 0. The second kappa shape index (κ2) is 9.44. The van der Waals surface area contributed by atoms with Crippen LogP contribution in [0.1, 0.15) is 11.0 Å². The Bertz CT molecular complexity index is 2730. The number of para-hydroxylation sites is 1. The summed E-state index contributed by atoms with van der Waals surface area (Å²) in [6, 6.07) is 31.6. The summed E-state index contributed by atoms with van der Waals surface area (Å²) in [6.45, 7) is 0. The SMILES string of the molecule is [2H]c1c([2H])c([2H])c2c(-c3ccc4c5c(cccc35)Oc3ccccc3-4)c3c([2H])c([2H])c([2H])c([2H])c3c(-c3cccc(-c4ccccc4)c3)c2c1[2H]. The molecule has 9 rings (SSSR count). The maximum Gasteiger partial charge on any atom is 0.135 e. The van der Waals surface area contributed by atoms with Crippen LogP contribution in [-0.2, 0) is 0 Å². The number of hydrogen-bond acceptors (Lipinski definition) is 1. The minimum absolute atomic E-state index is 0.177. The van der Waals surface area contributed by atoms with Gasteiger partial charge in [-0.2, -0.15) is 0 Å². The molecule has 8 aromatic rings. The third-order valence-corrected chi connectivity index (χ3v) is 8.30. The lowest BCUT2D eigenvalue weighted by atomic mass is 9.83. The predicted octanol–water partition coefficient (Wildman–Crippen LogP) is 11.9. The number of ether oxygens (including phenoxy) is 1. The third kappa shape index (κ3) is 3.65. The summed E-state index contributed by atoms with van der Waals surface area (Å²) in [5.74, 6) is 1.33. The number of rotatable bonds is 3. The van der Waals surface area contributed by atoms with Crippen LogP contribution in [0.4, 0.5) is 0 Å². The summed E-state index contributed by atoms with van der Waals surface area (Å²) in [5.41, 5.74) is 5.37. The lowest BCUT2D eigenvalue weighted by Gasteiger charge is -2.24.